The predicted octanol–water partition coefficient (Wildman–Crippen LogP) is 2.50. The number of amidine groups is 1. The van der Waals surface area contributed by atoms with Crippen LogP contribution in [0.2, 0.25) is 5.02 Å². The van der Waals surface area contributed by atoms with Crippen molar-refractivity contribution in [3.63, 3.8) is 0 Å². The van der Waals surface area contributed by atoms with E-state index < -0.39 is 0 Å². The molecule has 106 valence electrons. The SMILES string of the molecule is CN(C)c1nnc(Sc2ccc(C(N)=NO)cc2Cl)s1. The van der Waals surface area contributed by atoms with Gasteiger partial charge >= 0.3 is 0 Å². The number of hydrogen-bond donors (Lipinski definition) is 2. The fraction of sp³-hybridized carbons (Fsp3) is 0.182. The van der Waals surface area contributed by atoms with Gasteiger partial charge in [0, 0.05) is 24.6 Å². The minimum Gasteiger partial charge on any atom is -0.409 e. The van der Waals surface area contributed by atoms with Crippen molar-refractivity contribution >= 4 is 45.7 Å². The van der Waals surface area contributed by atoms with E-state index in [-0.39, 0.29) is 5.84 Å². The molecule has 9 heteroatoms. The maximum atomic E-state index is 8.63. The molecule has 0 bridgehead atoms. The lowest BCUT2D eigenvalue weighted by molar-refractivity contribution is 0.318. The van der Waals surface area contributed by atoms with Crippen LogP contribution in [0.1, 0.15) is 5.56 Å². The van der Waals surface area contributed by atoms with Crippen molar-refractivity contribution in [1.82, 2.24) is 10.2 Å². The van der Waals surface area contributed by atoms with E-state index in [1.165, 1.54) is 23.1 Å². The van der Waals surface area contributed by atoms with Gasteiger partial charge in [-0.3, -0.25) is 0 Å². The third-order valence-electron chi connectivity index (χ3n) is 2.31. The Bertz CT molecular complexity index is 643. The van der Waals surface area contributed by atoms with Crippen LogP contribution < -0.4 is 10.6 Å². The summed E-state index contributed by atoms with van der Waals surface area (Å²) in [6.07, 6.45) is 0. The molecule has 0 spiro atoms. The van der Waals surface area contributed by atoms with Gasteiger partial charge in [-0.1, -0.05) is 39.9 Å². The van der Waals surface area contributed by atoms with Crippen LogP contribution in [0, 0.1) is 0 Å². The highest BCUT2D eigenvalue weighted by Crippen LogP contribution is 2.36. The molecule has 0 fully saturated rings. The summed E-state index contributed by atoms with van der Waals surface area (Å²) in [5.41, 5.74) is 6.07. The van der Waals surface area contributed by atoms with Gasteiger partial charge in [0.05, 0.1) is 5.02 Å². The molecule has 0 atom stereocenters. The average Bonchev–Trinajstić information content (AvgIpc) is 2.89. The first-order chi connectivity index (χ1) is 9.51. The van der Waals surface area contributed by atoms with E-state index in [0.717, 1.165) is 14.4 Å². The van der Waals surface area contributed by atoms with Crippen LogP contribution in [0.15, 0.2) is 32.6 Å². The Morgan fingerprint density at radius 3 is 2.75 bits per heavy atom. The summed E-state index contributed by atoms with van der Waals surface area (Å²) in [4.78, 5) is 2.73. The molecule has 0 saturated heterocycles. The second kappa shape index (κ2) is 6.29. The van der Waals surface area contributed by atoms with Crippen molar-refractivity contribution in [3.05, 3.63) is 28.8 Å². The average molecular weight is 330 g/mol. The van der Waals surface area contributed by atoms with E-state index in [1.807, 2.05) is 19.0 Å². The van der Waals surface area contributed by atoms with Gasteiger partial charge in [-0.25, -0.2) is 0 Å². The zero-order chi connectivity index (χ0) is 14.7. The fourth-order valence-corrected chi connectivity index (χ4v) is 3.34. The molecular formula is C11H12ClN5OS2. The fourth-order valence-electron chi connectivity index (χ4n) is 1.32. The number of aromatic nitrogens is 2. The van der Waals surface area contributed by atoms with Crippen LogP contribution in [-0.4, -0.2) is 35.3 Å². The molecule has 6 nitrogen and oxygen atoms in total. The molecule has 1 aromatic heterocycles. The Balaban J connectivity index is 2.21. The molecule has 0 amide bonds. The van der Waals surface area contributed by atoms with Crippen LogP contribution in [-0.2, 0) is 0 Å². The predicted molar refractivity (Wildman–Crippen MR) is 82.3 cm³/mol. The largest absolute Gasteiger partial charge is 0.409 e. The number of hydrogen-bond acceptors (Lipinski definition) is 7. The first-order valence-electron chi connectivity index (χ1n) is 5.47. The Hall–Kier alpha value is -1.51. The summed E-state index contributed by atoms with van der Waals surface area (Å²) in [6.45, 7) is 0. The first kappa shape index (κ1) is 14.9. The van der Waals surface area contributed by atoms with Gasteiger partial charge in [0.25, 0.3) is 0 Å². The van der Waals surface area contributed by atoms with Gasteiger partial charge in [0.15, 0.2) is 10.2 Å². The molecule has 0 aliphatic carbocycles. The minimum absolute atomic E-state index is 0.0225. The van der Waals surface area contributed by atoms with Gasteiger partial charge < -0.3 is 15.8 Å². The number of rotatable bonds is 4. The van der Waals surface area contributed by atoms with E-state index in [0.29, 0.717) is 10.6 Å². The van der Waals surface area contributed by atoms with E-state index >= 15 is 0 Å². The van der Waals surface area contributed by atoms with E-state index in [2.05, 4.69) is 15.4 Å². The minimum atomic E-state index is 0.0225. The summed E-state index contributed by atoms with van der Waals surface area (Å²) in [6, 6.07) is 5.18. The number of nitrogens with zero attached hydrogens (tertiary/aromatic N) is 4. The van der Waals surface area contributed by atoms with Crippen molar-refractivity contribution in [1.29, 1.82) is 0 Å². The topological polar surface area (TPSA) is 87.6 Å². The molecule has 2 aromatic rings. The molecule has 0 radical (unpaired) electrons. The first-order valence-corrected chi connectivity index (χ1v) is 7.48. The van der Waals surface area contributed by atoms with E-state index in [4.69, 9.17) is 22.5 Å². The number of benzene rings is 1. The molecule has 2 rings (SSSR count). The van der Waals surface area contributed by atoms with Crippen LogP contribution in [0.5, 0.6) is 0 Å². The van der Waals surface area contributed by atoms with Crippen molar-refractivity contribution in [2.75, 3.05) is 19.0 Å². The van der Waals surface area contributed by atoms with Gasteiger partial charge in [0.2, 0.25) is 5.13 Å². The van der Waals surface area contributed by atoms with Crippen molar-refractivity contribution in [2.24, 2.45) is 10.9 Å². The molecule has 1 aromatic carbocycles. The monoisotopic (exact) mass is 329 g/mol. The van der Waals surface area contributed by atoms with Gasteiger partial charge in [-0.2, -0.15) is 0 Å². The van der Waals surface area contributed by atoms with Crippen LogP contribution in [0.25, 0.3) is 0 Å². The van der Waals surface area contributed by atoms with Crippen molar-refractivity contribution < 1.29 is 5.21 Å². The quantitative estimate of drug-likeness (QED) is 0.388. The Morgan fingerprint density at radius 2 is 2.20 bits per heavy atom. The molecule has 0 aliphatic rings. The maximum absolute atomic E-state index is 8.63. The van der Waals surface area contributed by atoms with E-state index in [9.17, 15) is 0 Å². The van der Waals surface area contributed by atoms with Crippen molar-refractivity contribution in [2.45, 2.75) is 9.24 Å². The molecule has 0 aliphatic heterocycles. The summed E-state index contributed by atoms with van der Waals surface area (Å²) in [5.74, 6) is 0.0225. The van der Waals surface area contributed by atoms with Crippen LogP contribution >= 0.6 is 34.7 Å². The van der Waals surface area contributed by atoms with Crippen LogP contribution in [0.4, 0.5) is 5.13 Å². The zero-order valence-corrected chi connectivity index (χ0v) is 13.1. The molecular weight excluding hydrogens is 318 g/mol. The lowest BCUT2D eigenvalue weighted by Gasteiger charge is -2.05. The lowest BCUT2D eigenvalue weighted by atomic mass is 10.2. The highest BCUT2D eigenvalue weighted by atomic mass is 35.5. The molecule has 3 N–H and O–H groups in total. The lowest BCUT2D eigenvalue weighted by Crippen LogP contribution is -2.12. The van der Waals surface area contributed by atoms with Gasteiger partial charge in [-0.15, -0.1) is 10.2 Å². The summed E-state index contributed by atoms with van der Waals surface area (Å²) in [5, 5.41) is 21.1. The van der Waals surface area contributed by atoms with Crippen LogP contribution in [0.3, 0.4) is 0 Å². The van der Waals surface area contributed by atoms with Crippen molar-refractivity contribution in [3.8, 4) is 0 Å². The standard InChI is InChI=1S/C11H12ClN5OS2/c1-17(2)10-14-15-11(20-10)19-8-4-3-6(5-7(8)12)9(13)16-18/h3-5,18H,1-2H3,(H2,13,16). The molecule has 1 heterocycles. The summed E-state index contributed by atoms with van der Waals surface area (Å²) < 4.78 is 0.798. The molecule has 0 saturated carbocycles. The van der Waals surface area contributed by atoms with Gasteiger partial charge in [-0.05, 0) is 18.2 Å². The third-order valence-corrected chi connectivity index (χ3v) is 4.95. The zero-order valence-electron chi connectivity index (χ0n) is 10.7. The summed E-state index contributed by atoms with van der Waals surface area (Å²) in [7, 11) is 3.82. The number of nitrogens with two attached hydrogens (primary N) is 1. The maximum Gasteiger partial charge on any atom is 0.208 e. The van der Waals surface area contributed by atoms with Gasteiger partial charge in [0.1, 0.15) is 0 Å². The summed E-state index contributed by atoms with van der Waals surface area (Å²) >= 11 is 9.09. The Kier molecular flexibility index (Phi) is 4.69. The Morgan fingerprint density at radius 1 is 1.45 bits per heavy atom. The second-order valence-electron chi connectivity index (χ2n) is 3.98. The second-order valence-corrected chi connectivity index (χ2v) is 6.63. The normalized spacial score (nSPS) is 11.7. The molecule has 20 heavy (non-hydrogen) atoms. The number of anilines is 1. The molecule has 0 unspecified atom stereocenters. The van der Waals surface area contributed by atoms with E-state index in [1.54, 1.807) is 18.2 Å². The smallest absolute Gasteiger partial charge is 0.208 e. The Labute approximate surface area is 129 Å². The number of oxime groups is 1. The third kappa shape index (κ3) is 3.33. The highest BCUT2D eigenvalue weighted by molar-refractivity contribution is 8.01. The highest BCUT2D eigenvalue weighted by Gasteiger charge is 2.11. The number of halogens is 1.